The summed E-state index contributed by atoms with van der Waals surface area (Å²) in [6.07, 6.45) is 3.59. The SMILES string of the molecule is COc1cccnc1C=C(CN)B1OC(C)(C)C(C)(C)O1. The molecular weight excluding hydrogens is 267 g/mol. The van der Waals surface area contributed by atoms with Crippen LogP contribution in [0.15, 0.2) is 23.8 Å². The van der Waals surface area contributed by atoms with Gasteiger partial charge in [-0.15, -0.1) is 0 Å². The van der Waals surface area contributed by atoms with E-state index < -0.39 is 7.12 Å². The second-order valence-electron chi connectivity index (χ2n) is 6.10. The first-order chi connectivity index (χ1) is 9.80. The van der Waals surface area contributed by atoms with Crippen LogP contribution in [0.4, 0.5) is 0 Å². The topological polar surface area (TPSA) is 66.6 Å². The van der Waals surface area contributed by atoms with Gasteiger partial charge in [-0.2, -0.15) is 0 Å². The van der Waals surface area contributed by atoms with E-state index in [0.717, 1.165) is 11.2 Å². The Morgan fingerprint density at radius 2 is 1.95 bits per heavy atom. The third-order valence-corrected chi connectivity index (χ3v) is 4.13. The zero-order valence-corrected chi connectivity index (χ0v) is 13.3. The fraction of sp³-hybridized carbons (Fsp3) is 0.533. The van der Waals surface area contributed by atoms with Crippen molar-refractivity contribution in [1.29, 1.82) is 0 Å². The summed E-state index contributed by atoms with van der Waals surface area (Å²) >= 11 is 0. The van der Waals surface area contributed by atoms with E-state index in [4.69, 9.17) is 19.8 Å². The monoisotopic (exact) mass is 290 g/mol. The van der Waals surface area contributed by atoms with Crippen molar-refractivity contribution in [3.8, 4) is 5.75 Å². The fourth-order valence-electron chi connectivity index (χ4n) is 2.08. The smallest absolute Gasteiger partial charge is 0.491 e. The Morgan fingerprint density at radius 3 is 2.48 bits per heavy atom. The minimum Gasteiger partial charge on any atom is -0.494 e. The van der Waals surface area contributed by atoms with Crippen LogP contribution >= 0.6 is 0 Å². The molecule has 0 aliphatic carbocycles. The third kappa shape index (κ3) is 3.12. The average molecular weight is 290 g/mol. The molecule has 0 radical (unpaired) electrons. The number of rotatable bonds is 4. The first-order valence-electron chi connectivity index (χ1n) is 7.06. The van der Waals surface area contributed by atoms with Crippen LogP contribution in [0.3, 0.4) is 0 Å². The number of ether oxygens (including phenoxy) is 1. The van der Waals surface area contributed by atoms with E-state index in [1.165, 1.54) is 0 Å². The summed E-state index contributed by atoms with van der Waals surface area (Å²) in [5.74, 6) is 0.694. The van der Waals surface area contributed by atoms with Crippen LogP contribution in [0.1, 0.15) is 33.4 Å². The number of methoxy groups -OCH3 is 1. The van der Waals surface area contributed by atoms with Gasteiger partial charge in [-0.05, 0) is 51.4 Å². The molecule has 2 heterocycles. The highest BCUT2D eigenvalue weighted by atomic mass is 16.7. The molecule has 114 valence electrons. The summed E-state index contributed by atoms with van der Waals surface area (Å²) in [6.45, 7) is 8.40. The van der Waals surface area contributed by atoms with E-state index in [2.05, 4.69) is 4.98 Å². The molecule has 0 atom stereocenters. The van der Waals surface area contributed by atoms with Gasteiger partial charge in [0.2, 0.25) is 0 Å². The second kappa shape index (κ2) is 5.79. The van der Waals surface area contributed by atoms with E-state index in [0.29, 0.717) is 12.3 Å². The maximum Gasteiger partial charge on any atom is 0.491 e. The van der Waals surface area contributed by atoms with E-state index in [-0.39, 0.29) is 11.2 Å². The normalized spacial score (nSPS) is 20.7. The van der Waals surface area contributed by atoms with Crippen LogP contribution in [-0.2, 0) is 9.31 Å². The summed E-state index contributed by atoms with van der Waals surface area (Å²) in [5, 5.41) is 0. The lowest BCUT2D eigenvalue weighted by molar-refractivity contribution is 0.00578. The molecule has 0 unspecified atom stereocenters. The summed E-state index contributed by atoms with van der Waals surface area (Å²) < 4.78 is 17.4. The van der Waals surface area contributed by atoms with Gasteiger partial charge in [0.25, 0.3) is 0 Å². The molecule has 1 fully saturated rings. The van der Waals surface area contributed by atoms with Crippen LogP contribution in [0, 0.1) is 0 Å². The van der Waals surface area contributed by atoms with Gasteiger partial charge in [-0.25, -0.2) is 0 Å². The van der Waals surface area contributed by atoms with E-state index in [1.54, 1.807) is 13.3 Å². The van der Waals surface area contributed by atoms with Crippen LogP contribution < -0.4 is 10.5 Å². The second-order valence-corrected chi connectivity index (χ2v) is 6.10. The van der Waals surface area contributed by atoms with Crippen LogP contribution in [0.2, 0.25) is 0 Å². The van der Waals surface area contributed by atoms with Crippen molar-refractivity contribution < 1.29 is 14.0 Å². The van der Waals surface area contributed by atoms with Crippen molar-refractivity contribution in [2.75, 3.05) is 13.7 Å². The lowest BCUT2D eigenvalue weighted by atomic mass is 9.77. The molecule has 0 aromatic carbocycles. The molecule has 1 aliphatic heterocycles. The Labute approximate surface area is 126 Å². The van der Waals surface area contributed by atoms with Gasteiger partial charge in [0.1, 0.15) is 11.4 Å². The van der Waals surface area contributed by atoms with Crippen molar-refractivity contribution in [1.82, 2.24) is 4.98 Å². The van der Waals surface area contributed by atoms with Gasteiger partial charge in [0.05, 0.1) is 18.3 Å². The van der Waals surface area contributed by atoms with Crippen LogP contribution in [-0.4, -0.2) is 37.0 Å². The maximum atomic E-state index is 6.02. The number of nitrogens with two attached hydrogens (primary N) is 1. The van der Waals surface area contributed by atoms with E-state index in [9.17, 15) is 0 Å². The molecule has 21 heavy (non-hydrogen) atoms. The summed E-state index contributed by atoms with van der Waals surface area (Å²) in [4.78, 5) is 4.31. The highest BCUT2D eigenvalue weighted by Gasteiger charge is 2.52. The molecule has 1 aliphatic rings. The molecule has 6 heteroatoms. The molecule has 2 N–H and O–H groups in total. The van der Waals surface area contributed by atoms with E-state index in [1.807, 2.05) is 45.9 Å². The molecule has 0 spiro atoms. The van der Waals surface area contributed by atoms with Gasteiger partial charge in [0.15, 0.2) is 0 Å². The predicted molar refractivity (Wildman–Crippen MR) is 83.9 cm³/mol. The Hall–Kier alpha value is -1.37. The molecule has 0 bridgehead atoms. The Balaban J connectivity index is 2.31. The minimum absolute atomic E-state index is 0.330. The quantitative estimate of drug-likeness (QED) is 0.860. The Morgan fingerprint density at radius 1 is 1.33 bits per heavy atom. The lowest BCUT2D eigenvalue weighted by Crippen LogP contribution is -2.41. The van der Waals surface area contributed by atoms with Crippen molar-refractivity contribution >= 4 is 13.2 Å². The molecular formula is C15H23BN2O3. The van der Waals surface area contributed by atoms with Gasteiger partial charge >= 0.3 is 7.12 Å². The summed E-state index contributed by atoms with van der Waals surface area (Å²) in [7, 11) is 1.15. The molecule has 1 aromatic heterocycles. The standard InChI is InChI=1S/C15H23BN2O3/c1-14(2)15(3,4)21-16(20-14)11(10-17)9-12-13(19-5)7-6-8-18-12/h6-9H,10,17H2,1-5H3. The predicted octanol–water partition coefficient (Wildman–Crippen LogP) is 2.06. The first kappa shape index (κ1) is 16.0. The average Bonchev–Trinajstić information content (AvgIpc) is 2.65. The van der Waals surface area contributed by atoms with Crippen molar-refractivity contribution in [3.63, 3.8) is 0 Å². The number of hydrogen-bond donors (Lipinski definition) is 1. The number of nitrogens with zero attached hydrogens (tertiary/aromatic N) is 1. The zero-order valence-electron chi connectivity index (χ0n) is 13.3. The van der Waals surface area contributed by atoms with Gasteiger partial charge in [0, 0.05) is 12.7 Å². The zero-order chi connectivity index (χ0) is 15.7. The van der Waals surface area contributed by atoms with Gasteiger partial charge in [-0.3, -0.25) is 4.98 Å². The number of hydrogen-bond acceptors (Lipinski definition) is 5. The number of aromatic nitrogens is 1. The lowest BCUT2D eigenvalue weighted by Gasteiger charge is -2.32. The highest BCUT2D eigenvalue weighted by Crippen LogP contribution is 2.38. The summed E-state index contributed by atoms with van der Waals surface area (Å²) in [5.41, 5.74) is 6.65. The molecule has 0 saturated carbocycles. The van der Waals surface area contributed by atoms with Crippen molar-refractivity contribution in [2.45, 2.75) is 38.9 Å². The van der Waals surface area contributed by atoms with Gasteiger partial charge < -0.3 is 19.8 Å². The van der Waals surface area contributed by atoms with Crippen molar-refractivity contribution in [2.24, 2.45) is 5.73 Å². The fourth-order valence-corrected chi connectivity index (χ4v) is 2.08. The van der Waals surface area contributed by atoms with E-state index >= 15 is 0 Å². The first-order valence-corrected chi connectivity index (χ1v) is 7.06. The highest BCUT2D eigenvalue weighted by molar-refractivity contribution is 6.55. The van der Waals surface area contributed by atoms with Gasteiger partial charge in [-0.1, -0.05) is 0 Å². The Bertz CT molecular complexity index is 527. The van der Waals surface area contributed by atoms with Crippen molar-refractivity contribution in [3.05, 3.63) is 29.5 Å². The molecule has 1 aromatic rings. The number of pyridine rings is 1. The summed E-state index contributed by atoms with van der Waals surface area (Å²) in [6, 6.07) is 3.68. The third-order valence-electron chi connectivity index (χ3n) is 4.13. The maximum absolute atomic E-state index is 6.02. The molecule has 2 rings (SSSR count). The van der Waals surface area contributed by atoms with Crippen LogP contribution in [0.5, 0.6) is 5.75 Å². The Kier molecular flexibility index (Phi) is 4.42. The molecule has 1 saturated heterocycles. The van der Waals surface area contributed by atoms with Crippen LogP contribution in [0.25, 0.3) is 6.08 Å². The molecule has 0 amide bonds. The molecule has 5 nitrogen and oxygen atoms in total. The minimum atomic E-state index is -0.466. The largest absolute Gasteiger partial charge is 0.494 e.